The Morgan fingerprint density at radius 2 is 1.29 bits per heavy atom. The Morgan fingerprint density at radius 1 is 0.833 bits per heavy atom. The molecule has 0 aliphatic carbocycles. The third-order valence-corrected chi connectivity index (χ3v) is 3.04. The van der Waals surface area contributed by atoms with Crippen molar-refractivity contribution in [1.29, 1.82) is 0 Å². The summed E-state index contributed by atoms with van der Waals surface area (Å²) in [5, 5.41) is 8.50. The van der Waals surface area contributed by atoms with Crippen molar-refractivity contribution in [2.24, 2.45) is 0 Å². The van der Waals surface area contributed by atoms with Crippen molar-refractivity contribution in [3.05, 3.63) is 36.5 Å². The Bertz CT molecular complexity index is 380. The molecule has 24 heavy (non-hydrogen) atoms. The summed E-state index contributed by atoms with van der Waals surface area (Å²) in [6, 6.07) is 0. The SMILES string of the molecule is CC/C=C\C/C=C\C/C=C\CCCCCCCC(=O)O.CS(C)=O. The molecule has 0 aliphatic rings. The first-order valence-electron chi connectivity index (χ1n) is 8.92. The molecule has 0 bridgehead atoms. The van der Waals surface area contributed by atoms with Crippen LogP contribution in [0.3, 0.4) is 0 Å². The Balaban J connectivity index is 0. The number of hydrogen-bond acceptors (Lipinski definition) is 2. The van der Waals surface area contributed by atoms with Crippen LogP contribution < -0.4 is 0 Å². The number of carboxylic acids is 1. The number of aliphatic carboxylic acids is 1. The zero-order valence-electron chi connectivity index (χ0n) is 15.7. The summed E-state index contributed by atoms with van der Waals surface area (Å²) in [6.45, 7) is 2.15. The molecule has 0 fully saturated rings. The number of rotatable bonds is 13. The molecule has 4 heteroatoms. The highest BCUT2D eigenvalue weighted by atomic mass is 32.2. The smallest absolute Gasteiger partial charge is 0.303 e. The Kier molecular flexibility index (Phi) is 22.8. The second kappa shape index (κ2) is 21.8. The van der Waals surface area contributed by atoms with E-state index in [1.54, 1.807) is 12.5 Å². The molecule has 0 radical (unpaired) electrons. The fourth-order valence-corrected chi connectivity index (χ4v) is 1.90. The van der Waals surface area contributed by atoms with E-state index in [1.165, 1.54) is 12.8 Å². The first kappa shape index (κ1) is 25.1. The van der Waals surface area contributed by atoms with Crippen LogP contribution in [0.15, 0.2) is 36.5 Å². The minimum atomic E-state index is -0.675. The van der Waals surface area contributed by atoms with E-state index >= 15 is 0 Å². The maximum atomic E-state index is 10.3. The molecule has 0 unspecified atom stereocenters. The summed E-state index contributed by atoms with van der Waals surface area (Å²) in [6.07, 6.45) is 26.7. The summed E-state index contributed by atoms with van der Waals surface area (Å²) in [5.41, 5.74) is 0. The summed E-state index contributed by atoms with van der Waals surface area (Å²) in [5.74, 6) is -0.675. The quantitative estimate of drug-likeness (QED) is 0.342. The van der Waals surface area contributed by atoms with Crippen LogP contribution >= 0.6 is 0 Å². The van der Waals surface area contributed by atoms with E-state index in [0.29, 0.717) is 6.42 Å². The number of carboxylic acid groups (broad SMARTS) is 1. The predicted molar refractivity (Wildman–Crippen MR) is 107 cm³/mol. The predicted octanol–water partition coefficient (Wildman–Crippen LogP) is 5.66. The van der Waals surface area contributed by atoms with Crippen LogP contribution in [0.5, 0.6) is 0 Å². The number of hydrogen-bond donors (Lipinski definition) is 1. The van der Waals surface area contributed by atoms with E-state index in [-0.39, 0.29) is 0 Å². The van der Waals surface area contributed by atoms with Crippen molar-refractivity contribution < 1.29 is 14.1 Å². The molecule has 0 saturated heterocycles. The molecule has 0 spiro atoms. The number of unbranched alkanes of at least 4 members (excludes halogenated alkanes) is 5. The highest BCUT2D eigenvalue weighted by Crippen LogP contribution is 2.07. The van der Waals surface area contributed by atoms with E-state index in [2.05, 4.69) is 43.4 Å². The Morgan fingerprint density at radius 3 is 1.83 bits per heavy atom. The van der Waals surface area contributed by atoms with Crippen molar-refractivity contribution >= 4 is 16.8 Å². The Hall–Kier alpha value is -1.16. The van der Waals surface area contributed by atoms with Gasteiger partial charge in [0.05, 0.1) is 0 Å². The highest BCUT2D eigenvalue weighted by Gasteiger charge is 1.95. The third kappa shape index (κ3) is 32.7. The van der Waals surface area contributed by atoms with E-state index in [4.69, 9.17) is 5.11 Å². The van der Waals surface area contributed by atoms with Crippen molar-refractivity contribution in [2.75, 3.05) is 12.5 Å². The molecule has 0 heterocycles. The van der Waals surface area contributed by atoms with Crippen LogP contribution in [0, 0.1) is 0 Å². The van der Waals surface area contributed by atoms with Gasteiger partial charge < -0.3 is 5.11 Å². The number of carbonyl (C=O) groups is 1. The fourth-order valence-electron chi connectivity index (χ4n) is 1.90. The molecule has 140 valence electrons. The molecule has 0 aromatic carbocycles. The lowest BCUT2D eigenvalue weighted by Gasteiger charge is -1.98. The van der Waals surface area contributed by atoms with Gasteiger partial charge in [0.25, 0.3) is 0 Å². The van der Waals surface area contributed by atoms with Gasteiger partial charge >= 0.3 is 5.97 Å². The lowest BCUT2D eigenvalue weighted by Crippen LogP contribution is -1.93. The first-order chi connectivity index (χ1) is 11.5. The molecule has 0 atom stereocenters. The average molecular weight is 357 g/mol. The standard InChI is InChI=1S/C18H30O2.C2H6OS/c1-2-3-4-5-6-7-8-9-10-11-12-13-14-15-16-17-18(19)20;1-4(2)3/h3-4,6-7,9-10H,2,5,8,11-17H2,1H3,(H,19,20);1-2H3/b4-3-,7-6-,10-9-;. The fraction of sp³-hybridized carbons (Fsp3) is 0.650. The van der Waals surface area contributed by atoms with Gasteiger partial charge in [-0.05, 0) is 38.5 Å². The summed E-state index contributed by atoms with van der Waals surface area (Å²) in [4.78, 5) is 10.3. The van der Waals surface area contributed by atoms with Gasteiger partial charge in [-0.3, -0.25) is 9.00 Å². The minimum absolute atomic E-state index is 0.319. The highest BCUT2D eigenvalue weighted by molar-refractivity contribution is 7.83. The van der Waals surface area contributed by atoms with Crippen molar-refractivity contribution in [3.63, 3.8) is 0 Å². The van der Waals surface area contributed by atoms with Gasteiger partial charge in [0, 0.05) is 29.7 Å². The van der Waals surface area contributed by atoms with Crippen LogP contribution in [0.2, 0.25) is 0 Å². The van der Waals surface area contributed by atoms with E-state index < -0.39 is 16.8 Å². The monoisotopic (exact) mass is 356 g/mol. The molecule has 0 aromatic heterocycles. The van der Waals surface area contributed by atoms with Crippen LogP contribution in [-0.4, -0.2) is 27.8 Å². The van der Waals surface area contributed by atoms with Gasteiger partial charge in [0.1, 0.15) is 0 Å². The van der Waals surface area contributed by atoms with Gasteiger partial charge in [-0.25, -0.2) is 0 Å². The van der Waals surface area contributed by atoms with E-state index in [1.807, 2.05) is 0 Å². The van der Waals surface area contributed by atoms with Gasteiger partial charge in [0.2, 0.25) is 0 Å². The van der Waals surface area contributed by atoms with Gasteiger partial charge in [-0.15, -0.1) is 0 Å². The Labute approximate surface area is 151 Å². The van der Waals surface area contributed by atoms with E-state index in [9.17, 15) is 9.00 Å². The van der Waals surface area contributed by atoms with Crippen molar-refractivity contribution in [2.45, 2.75) is 71.1 Å². The molecule has 3 nitrogen and oxygen atoms in total. The lowest BCUT2D eigenvalue weighted by molar-refractivity contribution is -0.137. The topological polar surface area (TPSA) is 54.4 Å². The average Bonchev–Trinajstić information content (AvgIpc) is 2.50. The molecular weight excluding hydrogens is 320 g/mol. The lowest BCUT2D eigenvalue weighted by atomic mass is 10.1. The largest absolute Gasteiger partial charge is 0.481 e. The maximum absolute atomic E-state index is 10.3. The van der Waals surface area contributed by atoms with Crippen molar-refractivity contribution in [1.82, 2.24) is 0 Å². The minimum Gasteiger partial charge on any atom is -0.481 e. The zero-order valence-corrected chi connectivity index (χ0v) is 16.5. The zero-order chi connectivity index (χ0) is 18.5. The van der Waals surface area contributed by atoms with Gasteiger partial charge in [-0.2, -0.15) is 0 Å². The summed E-state index contributed by atoms with van der Waals surface area (Å²) < 4.78 is 9.56. The molecule has 0 amide bonds. The van der Waals surface area contributed by atoms with Crippen LogP contribution in [0.1, 0.15) is 71.1 Å². The number of allylic oxidation sites excluding steroid dienone is 6. The molecule has 0 aromatic rings. The van der Waals surface area contributed by atoms with Gasteiger partial charge in [0.15, 0.2) is 0 Å². The van der Waals surface area contributed by atoms with Crippen LogP contribution in [0.25, 0.3) is 0 Å². The first-order valence-corrected chi connectivity index (χ1v) is 10.9. The second-order valence-corrected chi connectivity index (χ2v) is 7.22. The summed E-state index contributed by atoms with van der Waals surface area (Å²) in [7, 11) is -0.611. The molecule has 0 saturated carbocycles. The second-order valence-electron chi connectivity index (χ2n) is 5.74. The molecule has 0 rings (SSSR count). The maximum Gasteiger partial charge on any atom is 0.303 e. The molecule has 0 aliphatic heterocycles. The summed E-state index contributed by atoms with van der Waals surface area (Å²) >= 11 is 0. The van der Waals surface area contributed by atoms with Crippen LogP contribution in [-0.2, 0) is 15.6 Å². The molecule has 1 N–H and O–H groups in total. The normalized spacial score (nSPS) is 11.5. The van der Waals surface area contributed by atoms with Crippen LogP contribution in [0.4, 0.5) is 0 Å². The van der Waals surface area contributed by atoms with Gasteiger partial charge in [-0.1, -0.05) is 62.6 Å². The third-order valence-electron chi connectivity index (χ3n) is 3.04. The van der Waals surface area contributed by atoms with E-state index in [0.717, 1.165) is 44.9 Å². The van der Waals surface area contributed by atoms with Crippen molar-refractivity contribution in [3.8, 4) is 0 Å². The molecular formula is C20H36O3S.